The molecule has 0 amide bonds. The first-order chi connectivity index (χ1) is 12.5. The molecular weight excluding hydrogens is 340 g/mol. The molecule has 0 saturated heterocycles. The summed E-state index contributed by atoms with van der Waals surface area (Å²) >= 11 is 6.67. The second kappa shape index (κ2) is 6.75. The third-order valence-electron chi connectivity index (χ3n) is 6.10. The molecule has 3 heteroatoms. The van der Waals surface area contributed by atoms with Gasteiger partial charge in [-0.3, -0.25) is 4.90 Å². The van der Waals surface area contributed by atoms with Gasteiger partial charge < -0.3 is 4.57 Å². The van der Waals surface area contributed by atoms with Crippen LogP contribution in [0.5, 0.6) is 0 Å². The van der Waals surface area contributed by atoms with E-state index in [4.69, 9.17) is 11.6 Å². The van der Waals surface area contributed by atoms with Crippen LogP contribution < -0.4 is 0 Å². The molecule has 4 rings (SSSR count). The molecule has 0 fully saturated rings. The molecule has 2 aromatic carbocycles. The molecule has 1 aliphatic rings. The summed E-state index contributed by atoms with van der Waals surface area (Å²) in [4.78, 5) is 2.48. The molecular formula is C23H27ClN2. The molecule has 2 atom stereocenters. The Hall–Kier alpha value is -1.77. The highest BCUT2D eigenvalue weighted by Crippen LogP contribution is 2.41. The van der Waals surface area contributed by atoms with Gasteiger partial charge in [0, 0.05) is 36.1 Å². The maximum Gasteiger partial charge on any atom is 0.0675 e. The first kappa shape index (κ1) is 17.6. The topological polar surface area (TPSA) is 8.17 Å². The van der Waals surface area contributed by atoms with Gasteiger partial charge in [0.15, 0.2) is 0 Å². The lowest BCUT2D eigenvalue weighted by Crippen LogP contribution is -2.38. The zero-order valence-electron chi connectivity index (χ0n) is 16.1. The lowest BCUT2D eigenvalue weighted by molar-refractivity contribution is 0.177. The second-order valence-corrected chi connectivity index (χ2v) is 8.19. The Bertz CT molecular complexity index is 956. The standard InChI is InChI=1S/C23H27ClN2/c1-15-7-5-8-18(13-15)11-12-26-21-14-16(2)25(4)17(3)22(21)19-9-6-10-20(24)23(19)26/h5-10,13,16-17H,11-12,14H2,1-4H3. The highest BCUT2D eigenvalue weighted by Gasteiger charge is 2.32. The number of likely N-dealkylation sites (N-methyl/N-ethyl adjacent to an activating group) is 1. The van der Waals surface area contributed by atoms with Crippen molar-refractivity contribution in [1.82, 2.24) is 9.47 Å². The fourth-order valence-electron chi connectivity index (χ4n) is 4.49. The molecule has 0 aliphatic carbocycles. The van der Waals surface area contributed by atoms with Gasteiger partial charge in [0.1, 0.15) is 0 Å². The molecule has 1 aromatic heterocycles. The van der Waals surface area contributed by atoms with Crippen molar-refractivity contribution in [3.8, 4) is 0 Å². The van der Waals surface area contributed by atoms with Crippen LogP contribution in [0.25, 0.3) is 10.9 Å². The monoisotopic (exact) mass is 366 g/mol. The van der Waals surface area contributed by atoms with Crippen molar-refractivity contribution in [2.75, 3.05) is 7.05 Å². The molecule has 136 valence electrons. The summed E-state index contributed by atoms with van der Waals surface area (Å²) in [6, 6.07) is 16.1. The summed E-state index contributed by atoms with van der Waals surface area (Å²) in [6.45, 7) is 7.78. The highest BCUT2D eigenvalue weighted by atomic mass is 35.5. The van der Waals surface area contributed by atoms with Crippen LogP contribution in [0, 0.1) is 6.92 Å². The van der Waals surface area contributed by atoms with E-state index in [0.29, 0.717) is 12.1 Å². The van der Waals surface area contributed by atoms with Crippen LogP contribution in [0.3, 0.4) is 0 Å². The first-order valence-electron chi connectivity index (χ1n) is 9.54. The molecule has 0 saturated carbocycles. The Morgan fingerprint density at radius 2 is 1.88 bits per heavy atom. The van der Waals surface area contributed by atoms with Gasteiger partial charge in [0.2, 0.25) is 0 Å². The summed E-state index contributed by atoms with van der Waals surface area (Å²) in [6.07, 6.45) is 2.11. The summed E-state index contributed by atoms with van der Waals surface area (Å²) in [5, 5.41) is 2.19. The van der Waals surface area contributed by atoms with E-state index in [1.165, 1.54) is 33.3 Å². The minimum absolute atomic E-state index is 0.412. The van der Waals surface area contributed by atoms with Crippen LogP contribution in [0.2, 0.25) is 5.02 Å². The van der Waals surface area contributed by atoms with Gasteiger partial charge in [-0.1, -0.05) is 53.6 Å². The molecule has 26 heavy (non-hydrogen) atoms. The van der Waals surface area contributed by atoms with Crippen LogP contribution in [-0.2, 0) is 19.4 Å². The smallest absolute Gasteiger partial charge is 0.0675 e. The molecule has 0 bridgehead atoms. The predicted molar refractivity (Wildman–Crippen MR) is 111 cm³/mol. The van der Waals surface area contributed by atoms with E-state index in [1.54, 1.807) is 0 Å². The zero-order valence-corrected chi connectivity index (χ0v) is 16.8. The van der Waals surface area contributed by atoms with E-state index in [-0.39, 0.29) is 0 Å². The lowest BCUT2D eigenvalue weighted by Gasteiger charge is -2.36. The maximum absolute atomic E-state index is 6.67. The quantitative estimate of drug-likeness (QED) is 0.570. The summed E-state index contributed by atoms with van der Waals surface area (Å²) in [5.74, 6) is 0. The van der Waals surface area contributed by atoms with Crippen LogP contribution in [0.15, 0.2) is 42.5 Å². The van der Waals surface area contributed by atoms with Gasteiger partial charge in [-0.15, -0.1) is 0 Å². The molecule has 2 heterocycles. The van der Waals surface area contributed by atoms with Gasteiger partial charge in [-0.25, -0.2) is 0 Å². The summed E-state index contributed by atoms with van der Waals surface area (Å²) in [7, 11) is 2.23. The van der Waals surface area contributed by atoms with Crippen LogP contribution in [0.1, 0.15) is 42.3 Å². The van der Waals surface area contributed by atoms with Crippen LogP contribution in [0.4, 0.5) is 0 Å². The highest BCUT2D eigenvalue weighted by molar-refractivity contribution is 6.35. The van der Waals surface area contributed by atoms with E-state index in [2.05, 4.69) is 73.7 Å². The van der Waals surface area contributed by atoms with Crippen LogP contribution >= 0.6 is 11.6 Å². The van der Waals surface area contributed by atoms with Gasteiger partial charge in [-0.2, -0.15) is 0 Å². The number of fused-ring (bicyclic) bond motifs is 3. The fourth-order valence-corrected chi connectivity index (χ4v) is 4.77. The Kier molecular flexibility index (Phi) is 4.58. The van der Waals surface area contributed by atoms with Crippen molar-refractivity contribution in [2.45, 2.75) is 52.2 Å². The van der Waals surface area contributed by atoms with E-state index in [9.17, 15) is 0 Å². The van der Waals surface area contributed by atoms with Gasteiger partial charge in [0.05, 0.1) is 10.5 Å². The number of aryl methyl sites for hydroxylation is 3. The van der Waals surface area contributed by atoms with Crippen molar-refractivity contribution >= 4 is 22.5 Å². The third kappa shape index (κ3) is 2.86. The van der Waals surface area contributed by atoms with Gasteiger partial charge >= 0.3 is 0 Å². The fraction of sp³-hybridized carbons (Fsp3) is 0.391. The van der Waals surface area contributed by atoms with Crippen molar-refractivity contribution in [3.05, 3.63) is 69.9 Å². The predicted octanol–water partition coefficient (Wildman–Crippen LogP) is 5.78. The van der Waals surface area contributed by atoms with E-state index < -0.39 is 0 Å². The average Bonchev–Trinajstić information content (AvgIpc) is 2.93. The minimum atomic E-state index is 0.412. The average molecular weight is 367 g/mol. The molecule has 1 aliphatic heterocycles. The lowest BCUT2D eigenvalue weighted by atomic mass is 9.93. The van der Waals surface area contributed by atoms with Crippen LogP contribution in [-0.4, -0.2) is 22.6 Å². The second-order valence-electron chi connectivity index (χ2n) is 7.78. The number of halogens is 1. The van der Waals surface area contributed by atoms with Crippen molar-refractivity contribution in [1.29, 1.82) is 0 Å². The number of nitrogens with zero attached hydrogens (tertiary/aromatic N) is 2. The van der Waals surface area contributed by atoms with Crippen molar-refractivity contribution in [2.24, 2.45) is 0 Å². The van der Waals surface area contributed by atoms with E-state index >= 15 is 0 Å². The van der Waals surface area contributed by atoms with Crippen molar-refractivity contribution in [3.63, 3.8) is 0 Å². The Morgan fingerprint density at radius 3 is 2.65 bits per heavy atom. The molecule has 2 nitrogen and oxygen atoms in total. The van der Waals surface area contributed by atoms with E-state index in [1.807, 2.05) is 6.07 Å². The Morgan fingerprint density at radius 1 is 1.12 bits per heavy atom. The summed E-state index contributed by atoms with van der Waals surface area (Å²) < 4.78 is 2.50. The zero-order chi connectivity index (χ0) is 18.4. The number of hydrogen-bond donors (Lipinski definition) is 0. The van der Waals surface area contributed by atoms with Gasteiger partial charge in [-0.05, 0) is 51.4 Å². The third-order valence-corrected chi connectivity index (χ3v) is 6.41. The first-order valence-corrected chi connectivity index (χ1v) is 9.92. The summed E-state index contributed by atoms with van der Waals surface area (Å²) in [5.41, 5.74) is 6.86. The number of benzene rings is 2. The molecule has 3 aromatic rings. The number of aromatic nitrogens is 1. The van der Waals surface area contributed by atoms with Crippen molar-refractivity contribution < 1.29 is 0 Å². The largest absolute Gasteiger partial charge is 0.343 e. The molecule has 0 spiro atoms. The molecule has 2 unspecified atom stereocenters. The number of rotatable bonds is 3. The minimum Gasteiger partial charge on any atom is -0.343 e. The SMILES string of the molecule is Cc1cccc(CCn2c3c(c4cccc(Cl)c42)C(C)N(C)C(C)C3)c1. The maximum atomic E-state index is 6.67. The normalized spacial score (nSPS) is 20.5. The Labute approximate surface area is 161 Å². The number of para-hydroxylation sites is 1. The van der Waals surface area contributed by atoms with E-state index in [0.717, 1.165) is 24.4 Å². The Balaban J connectivity index is 1.82. The molecule has 0 N–H and O–H groups in total. The van der Waals surface area contributed by atoms with Gasteiger partial charge in [0.25, 0.3) is 0 Å². The number of hydrogen-bond acceptors (Lipinski definition) is 1. The molecule has 0 radical (unpaired) electrons.